The maximum Gasteiger partial charge on any atom is 0.331 e. The van der Waals surface area contributed by atoms with E-state index in [0.29, 0.717) is 5.57 Å². The number of hydrogen-bond donors (Lipinski definition) is 1. The summed E-state index contributed by atoms with van der Waals surface area (Å²) in [5, 5.41) is 8.25. The molecule has 0 spiro atoms. The zero-order chi connectivity index (χ0) is 7.56. The van der Waals surface area contributed by atoms with Crippen LogP contribution in [-0.4, -0.2) is 23.7 Å². The molecule has 0 saturated heterocycles. The largest absolute Gasteiger partial charge is 0.481 e. The predicted molar refractivity (Wildman–Crippen MR) is 31.3 cm³/mol. The Hall–Kier alpha value is -1.32. The van der Waals surface area contributed by atoms with E-state index in [9.17, 15) is 9.59 Å². The van der Waals surface area contributed by atoms with Crippen LogP contribution >= 0.6 is 0 Å². The number of carbonyl (C=O) groups is 2. The fourth-order valence-electron chi connectivity index (χ4n) is 0.710. The summed E-state index contributed by atoms with van der Waals surface area (Å²) in [6.07, 6.45) is 1.11. The molecule has 0 aliphatic carbocycles. The second-order valence-electron chi connectivity index (χ2n) is 1.98. The summed E-state index contributed by atoms with van der Waals surface area (Å²) in [4.78, 5) is 20.4. The van der Waals surface area contributed by atoms with Crippen LogP contribution in [0.4, 0.5) is 0 Å². The highest BCUT2D eigenvalue weighted by Gasteiger charge is 2.14. The molecule has 0 saturated carbocycles. The summed E-state index contributed by atoms with van der Waals surface area (Å²) in [6.45, 7) is 0.130. The smallest absolute Gasteiger partial charge is 0.331 e. The highest BCUT2D eigenvalue weighted by molar-refractivity contribution is 5.86. The molecule has 54 valence electrons. The first-order valence-electron chi connectivity index (χ1n) is 2.76. The average Bonchev–Trinajstić information content (AvgIpc) is 2.13. The van der Waals surface area contributed by atoms with Crippen molar-refractivity contribution >= 4 is 11.9 Å². The van der Waals surface area contributed by atoms with Crippen LogP contribution in [0, 0.1) is 0 Å². The fraction of sp³-hybridized carbons (Fsp3) is 0.333. The minimum absolute atomic E-state index is 0.105. The Kier molecular flexibility index (Phi) is 1.71. The first kappa shape index (κ1) is 6.80. The van der Waals surface area contributed by atoms with Gasteiger partial charge in [0, 0.05) is 6.08 Å². The summed E-state index contributed by atoms with van der Waals surface area (Å²) >= 11 is 0. The summed E-state index contributed by atoms with van der Waals surface area (Å²) in [7, 11) is 0. The molecule has 0 radical (unpaired) electrons. The van der Waals surface area contributed by atoms with Gasteiger partial charge in [0.1, 0.15) is 6.61 Å². The van der Waals surface area contributed by atoms with Crippen LogP contribution < -0.4 is 0 Å². The molecule has 4 nitrogen and oxygen atoms in total. The Morgan fingerprint density at radius 1 is 1.80 bits per heavy atom. The maximum atomic E-state index is 10.3. The van der Waals surface area contributed by atoms with Crippen LogP contribution in [0.3, 0.4) is 0 Å². The lowest BCUT2D eigenvalue weighted by atomic mass is 10.2. The van der Waals surface area contributed by atoms with E-state index in [0.717, 1.165) is 0 Å². The Balaban J connectivity index is 2.50. The third-order valence-electron chi connectivity index (χ3n) is 1.10. The number of ether oxygens (including phenoxy) is 1. The first-order chi connectivity index (χ1) is 4.68. The van der Waals surface area contributed by atoms with Gasteiger partial charge in [-0.1, -0.05) is 0 Å². The fourth-order valence-corrected chi connectivity index (χ4v) is 0.710. The normalized spacial score (nSPS) is 16.4. The molecule has 1 heterocycles. The molecule has 0 unspecified atom stereocenters. The van der Waals surface area contributed by atoms with Crippen molar-refractivity contribution in [1.82, 2.24) is 0 Å². The average molecular weight is 142 g/mol. The SMILES string of the molecule is O=C(O)CC1=CC(=O)OC1. The summed E-state index contributed by atoms with van der Waals surface area (Å²) in [6, 6.07) is 0. The quantitative estimate of drug-likeness (QED) is 0.549. The Morgan fingerprint density at radius 2 is 2.50 bits per heavy atom. The van der Waals surface area contributed by atoms with E-state index in [4.69, 9.17) is 5.11 Å². The van der Waals surface area contributed by atoms with Crippen LogP contribution in [0.5, 0.6) is 0 Å². The number of carboxylic acid groups (broad SMARTS) is 1. The van der Waals surface area contributed by atoms with E-state index in [1.165, 1.54) is 6.08 Å². The van der Waals surface area contributed by atoms with Crippen molar-refractivity contribution in [3.05, 3.63) is 11.6 Å². The number of esters is 1. The van der Waals surface area contributed by atoms with Crippen molar-refractivity contribution < 1.29 is 19.4 Å². The van der Waals surface area contributed by atoms with Gasteiger partial charge in [-0.2, -0.15) is 0 Å². The molecular formula is C6H6O4. The van der Waals surface area contributed by atoms with E-state index >= 15 is 0 Å². The van der Waals surface area contributed by atoms with Crippen LogP contribution in [0.15, 0.2) is 11.6 Å². The van der Waals surface area contributed by atoms with Gasteiger partial charge >= 0.3 is 11.9 Å². The van der Waals surface area contributed by atoms with Crippen molar-refractivity contribution in [2.45, 2.75) is 6.42 Å². The Labute approximate surface area is 57.1 Å². The number of aliphatic carboxylic acids is 1. The van der Waals surface area contributed by atoms with Crippen molar-refractivity contribution in [1.29, 1.82) is 0 Å². The summed E-state index contributed by atoms with van der Waals surface area (Å²) in [5.41, 5.74) is 0.525. The molecule has 0 bridgehead atoms. The third-order valence-corrected chi connectivity index (χ3v) is 1.10. The van der Waals surface area contributed by atoms with E-state index < -0.39 is 11.9 Å². The highest BCUT2D eigenvalue weighted by atomic mass is 16.5. The van der Waals surface area contributed by atoms with Crippen molar-refractivity contribution in [2.24, 2.45) is 0 Å². The first-order valence-corrected chi connectivity index (χ1v) is 2.76. The van der Waals surface area contributed by atoms with Gasteiger partial charge in [-0.05, 0) is 5.57 Å². The lowest BCUT2D eigenvalue weighted by Crippen LogP contribution is -1.98. The molecule has 0 aromatic heterocycles. The molecule has 4 heteroatoms. The molecule has 1 N–H and O–H groups in total. The molecule has 0 aromatic rings. The van der Waals surface area contributed by atoms with E-state index in [1.54, 1.807) is 0 Å². The highest BCUT2D eigenvalue weighted by Crippen LogP contribution is 2.09. The molecule has 10 heavy (non-hydrogen) atoms. The zero-order valence-electron chi connectivity index (χ0n) is 5.16. The Bertz CT molecular complexity index is 204. The summed E-state index contributed by atoms with van der Waals surface area (Å²) in [5.74, 6) is -1.39. The van der Waals surface area contributed by atoms with E-state index in [-0.39, 0.29) is 13.0 Å². The Morgan fingerprint density at radius 3 is 2.90 bits per heavy atom. The molecule has 0 amide bonds. The van der Waals surface area contributed by atoms with Gasteiger partial charge in [0.15, 0.2) is 0 Å². The van der Waals surface area contributed by atoms with Crippen molar-refractivity contribution in [3.8, 4) is 0 Å². The minimum Gasteiger partial charge on any atom is -0.481 e. The number of carbonyl (C=O) groups excluding carboxylic acids is 1. The lowest BCUT2D eigenvalue weighted by Gasteiger charge is -1.92. The predicted octanol–water partition coefficient (Wildman–Crippen LogP) is -0.0557. The van der Waals surface area contributed by atoms with Crippen LogP contribution in [0.25, 0.3) is 0 Å². The van der Waals surface area contributed by atoms with Gasteiger partial charge in [0.25, 0.3) is 0 Å². The van der Waals surface area contributed by atoms with Gasteiger partial charge in [-0.3, -0.25) is 4.79 Å². The zero-order valence-corrected chi connectivity index (χ0v) is 5.16. The standard InChI is InChI=1S/C6H6O4/c7-5(8)1-4-2-6(9)10-3-4/h2H,1,3H2,(H,7,8). The molecular weight excluding hydrogens is 136 g/mol. The van der Waals surface area contributed by atoms with Gasteiger partial charge in [-0.25, -0.2) is 4.79 Å². The number of carboxylic acids is 1. The number of hydrogen-bond acceptors (Lipinski definition) is 3. The summed E-state index contributed by atoms with van der Waals surface area (Å²) < 4.78 is 4.47. The van der Waals surface area contributed by atoms with E-state index in [2.05, 4.69) is 4.74 Å². The second kappa shape index (κ2) is 2.51. The van der Waals surface area contributed by atoms with Crippen molar-refractivity contribution in [2.75, 3.05) is 6.61 Å². The number of cyclic esters (lactones) is 1. The third kappa shape index (κ3) is 1.58. The molecule has 1 aliphatic heterocycles. The number of rotatable bonds is 2. The monoisotopic (exact) mass is 142 g/mol. The molecule has 0 aromatic carbocycles. The van der Waals surface area contributed by atoms with Gasteiger partial charge in [0.2, 0.25) is 0 Å². The van der Waals surface area contributed by atoms with Gasteiger partial charge in [-0.15, -0.1) is 0 Å². The van der Waals surface area contributed by atoms with Crippen molar-refractivity contribution in [3.63, 3.8) is 0 Å². The van der Waals surface area contributed by atoms with Crippen LogP contribution in [-0.2, 0) is 14.3 Å². The maximum absolute atomic E-state index is 10.3. The lowest BCUT2D eigenvalue weighted by molar-refractivity contribution is -0.137. The molecule has 1 rings (SSSR count). The van der Waals surface area contributed by atoms with E-state index in [1.807, 2.05) is 0 Å². The molecule has 0 fully saturated rings. The van der Waals surface area contributed by atoms with Gasteiger partial charge < -0.3 is 9.84 Å². The minimum atomic E-state index is -0.940. The van der Waals surface area contributed by atoms with Gasteiger partial charge in [0.05, 0.1) is 6.42 Å². The second-order valence-corrected chi connectivity index (χ2v) is 1.98. The van der Waals surface area contributed by atoms with Crippen LogP contribution in [0.2, 0.25) is 0 Å². The van der Waals surface area contributed by atoms with Crippen LogP contribution in [0.1, 0.15) is 6.42 Å². The topological polar surface area (TPSA) is 63.6 Å². The molecule has 0 atom stereocenters. The molecule has 1 aliphatic rings.